The summed E-state index contributed by atoms with van der Waals surface area (Å²) in [6, 6.07) is 3.93. The molecule has 31 heavy (non-hydrogen) atoms. The van der Waals surface area contributed by atoms with Crippen LogP contribution in [0.1, 0.15) is 39.2 Å². The van der Waals surface area contributed by atoms with E-state index in [4.69, 9.17) is 10.7 Å². The average molecular weight is 432 g/mol. The summed E-state index contributed by atoms with van der Waals surface area (Å²) in [6.07, 6.45) is 3.27. The number of aliphatic imine (C=N–C) groups is 1. The molecule has 1 aromatic heterocycles. The maximum atomic E-state index is 12.5. The lowest BCUT2D eigenvalue weighted by Gasteiger charge is -2.32. The largest absolute Gasteiger partial charge is 0.369 e. The molecule has 0 aromatic carbocycles. The molecule has 172 valence electrons. The summed E-state index contributed by atoms with van der Waals surface area (Å²) < 4.78 is 0. The Kier molecular flexibility index (Phi) is 9.55. The van der Waals surface area contributed by atoms with Gasteiger partial charge in [0.15, 0.2) is 5.96 Å². The van der Waals surface area contributed by atoms with Gasteiger partial charge in [-0.3, -0.25) is 9.59 Å². The first-order chi connectivity index (χ1) is 14.9. The van der Waals surface area contributed by atoms with E-state index in [0.717, 1.165) is 37.3 Å². The van der Waals surface area contributed by atoms with Crippen molar-refractivity contribution in [2.75, 3.05) is 51.2 Å². The quantitative estimate of drug-likeness (QED) is 0.447. The van der Waals surface area contributed by atoms with Crippen LogP contribution < -0.4 is 16.0 Å². The fourth-order valence-corrected chi connectivity index (χ4v) is 3.80. The van der Waals surface area contributed by atoms with Crippen molar-refractivity contribution >= 4 is 23.6 Å². The van der Waals surface area contributed by atoms with Crippen molar-refractivity contribution in [3.63, 3.8) is 0 Å². The van der Waals surface area contributed by atoms with E-state index in [1.165, 1.54) is 0 Å². The summed E-state index contributed by atoms with van der Waals surface area (Å²) >= 11 is 0. The molecule has 0 bridgehead atoms. The fourth-order valence-electron chi connectivity index (χ4n) is 3.80. The molecule has 0 spiro atoms. The van der Waals surface area contributed by atoms with Crippen molar-refractivity contribution in [3.05, 3.63) is 23.9 Å². The first kappa shape index (κ1) is 24.4. The van der Waals surface area contributed by atoms with Crippen LogP contribution in [0.15, 0.2) is 23.3 Å². The molecular weight excluding hydrogens is 394 g/mol. The minimum absolute atomic E-state index is 0.0567. The second kappa shape index (κ2) is 12.1. The average Bonchev–Trinajstić information content (AvgIpc) is 2.77. The number of likely N-dealkylation sites (N-methyl/N-ethyl adjacent to an activating group) is 2. The van der Waals surface area contributed by atoms with Crippen LogP contribution in [0.3, 0.4) is 0 Å². The zero-order valence-electron chi connectivity index (χ0n) is 19.3. The van der Waals surface area contributed by atoms with Gasteiger partial charge in [0.25, 0.3) is 0 Å². The minimum atomic E-state index is -0.219. The van der Waals surface area contributed by atoms with Gasteiger partial charge in [-0.15, -0.1) is 0 Å². The van der Waals surface area contributed by atoms with Crippen LogP contribution in [0.4, 0.5) is 5.82 Å². The Morgan fingerprint density at radius 3 is 2.52 bits per heavy atom. The summed E-state index contributed by atoms with van der Waals surface area (Å²) in [4.78, 5) is 39.2. The number of nitrogens with two attached hydrogens (primary N) is 1. The molecule has 0 unspecified atom stereocenters. The van der Waals surface area contributed by atoms with Crippen LogP contribution in [-0.4, -0.2) is 78.9 Å². The van der Waals surface area contributed by atoms with Crippen molar-refractivity contribution in [1.29, 1.82) is 0 Å². The number of carbonyl (C=O) groups is 2. The van der Waals surface area contributed by atoms with Gasteiger partial charge in [0, 0.05) is 57.4 Å². The Balaban J connectivity index is 2.11. The molecule has 0 aliphatic carbocycles. The van der Waals surface area contributed by atoms with Crippen LogP contribution in [0, 0.1) is 5.92 Å². The highest BCUT2D eigenvalue weighted by molar-refractivity contribution is 5.86. The molecule has 2 heterocycles. The lowest BCUT2D eigenvalue weighted by molar-refractivity contribution is -0.131. The van der Waals surface area contributed by atoms with Crippen molar-refractivity contribution in [3.8, 4) is 0 Å². The third-order valence-corrected chi connectivity index (χ3v) is 5.65. The summed E-state index contributed by atoms with van der Waals surface area (Å²) in [5, 5.41) is 3.27. The molecule has 3 N–H and O–H groups in total. The minimum Gasteiger partial charge on any atom is -0.369 e. The van der Waals surface area contributed by atoms with Crippen molar-refractivity contribution < 1.29 is 9.59 Å². The zero-order valence-corrected chi connectivity index (χ0v) is 19.3. The number of hydrogen-bond acceptors (Lipinski definition) is 5. The zero-order chi connectivity index (χ0) is 22.8. The number of aromatic nitrogens is 1. The molecule has 1 aliphatic heterocycles. The SMILES string of the molecule is CCNC(=NCc1cccnc1N1CCC(C(N)=O)CC1)N(C)CC(=O)N(CC)CC. The molecule has 1 fully saturated rings. The normalized spacial score (nSPS) is 15.0. The molecular formula is C22H37N7O2. The van der Waals surface area contributed by atoms with Gasteiger partial charge in [0.05, 0.1) is 13.1 Å². The van der Waals surface area contributed by atoms with E-state index in [1.54, 1.807) is 6.20 Å². The van der Waals surface area contributed by atoms with Gasteiger partial charge in [-0.2, -0.15) is 0 Å². The fraction of sp³-hybridized carbons (Fsp3) is 0.636. The molecule has 1 saturated heterocycles. The Morgan fingerprint density at radius 2 is 1.94 bits per heavy atom. The van der Waals surface area contributed by atoms with Gasteiger partial charge in [-0.05, 0) is 39.7 Å². The molecule has 2 rings (SSSR count). The first-order valence-corrected chi connectivity index (χ1v) is 11.2. The van der Waals surface area contributed by atoms with E-state index in [-0.39, 0.29) is 24.3 Å². The Bertz CT molecular complexity index is 756. The molecule has 1 aromatic rings. The number of nitrogens with zero attached hydrogens (tertiary/aromatic N) is 5. The van der Waals surface area contributed by atoms with Crippen LogP contribution in [0.2, 0.25) is 0 Å². The summed E-state index contributed by atoms with van der Waals surface area (Å²) in [6.45, 7) is 10.3. The third-order valence-electron chi connectivity index (χ3n) is 5.65. The second-order valence-electron chi connectivity index (χ2n) is 7.74. The Morgan fingerprint density at radius 1 is 1.26 bits per heavy atom. The van der Waals surface area contributed by atoms with Crippen molar-refractivity contribution in [2.24, 2.45) is 16.6 Å². The highest BCUT2D eigenvalue weighted by Gasteiger charge is 2.25. The molecule has 9 nitrogen and oxygen atoms in total. The van der Waals surface area contributed by atoms with Gasteiger partial charge < -0.3 is 25.8 Å². The highest BCUT2D eigenvalue weighted by Crippen LogP contribution is 2.25. The van der Waals surface area contributed by atoms with Gasteiger partial charge in [-0.1, -0.05) is 6.07 Å². The maximum Gasteiger partial charge on any atom is 0.242 e. The second-order valence-corrected chi connectivity index (χ2v) is 7.74. The number of primary amides is 1. The predicted octanol–water partition coefficient (Wildman–Crippen LogP) is 1.05. The molecule has 0 saturated carbocycles. The predicted molar refractivity (Wildman–Crippen MR) is 124 cm³/mol. The number of rotatable bonds is 9. The van der Waals surface area contributed by atoms with E-state index in [0.29, 0.717) is 32.1 Å². The smallest absolute Gasteiger partial charge is 0.242 e. The topological polar surface area (TPSA) is 107 Å². The monoisotopic (exact) mass is 431 g/mol. The van der Waals surface area contributed by atoms with Crippen molar-refractivity contribution in [2.45, 2.75) is 40.2 Å². The van der Waals surface area contributed by atoms with Crippen LogP contribution in [-0.2, 0) is 16.1 Å². The lowest BCUT2D eigenvalue weighted by Crippen LogP contribution is -2.45. The molecule has 2 amide bonds. The summed E-state index contributed by atoms with van der Waals surface area (Å²) in [5.41, 5.74) is 6.47. The molecule has 0 radical (unpaired) electrons. The molecule has 9 heteroatoms. The number of amides is 2. The number of nitrogens with one attached hydrogen (secondary N) is 1. The third kappa shape index (κ3) is 6.83. The number of anilines is 1. The van der Waals surface area contributed by atoms with Gasteiger partial charge in [0.1, 0.15) is 5.82 Å². The van der Waals surface area contributed by atoms with E-state index in [9.17, 15) is 9.59 Å². The van der Waals surface area contributed by atoms with Crippen LogP contribution in [0.25, 0.3) is 0 Å². The summed E-state index contributed by atoms with van der Waals surface area (Å²) in [5.74, 6) is 1.39. The molecule has 1 aliphatic rings. The number of pyridine rings is 1. The van der Waals surface area contributed by atoms with E-state index < -0.39 is 0 Å². The first-order valence-electron chi connectivity index (χ1n) is 11.2. The van der Waals surface area contributed by atoms with Gasteiger partial charge >= 0.3 is 0 Å². The molecule has 0 atom stereocenters. The Hall–Kier alpha value is -2.84. The lowest BCUT2D eigenvalue weighted by atomic mass is 9.96. The maximum absolute atomic E-state index is 12.5. The standard InChI is InChI=1S/C22H37N7O2/c1-5-24-22(27(4)16-19(30)28(6-2)7-3)26-15-18-9-8-12-25-21(18)29-13-10-17(11-14-29)20(23)31/h8-9,12,17H,5-7,10-11,13-16H2,1-4H3,(H2,23,31)(H,24,26). The van der Waals surface area contributed by atoms with E-state index in [1.807, 2.05) is 49.8 Å². The highest BCUT2D eigenvalue weighted by atomic mass is 16.2. The number of hydrogen-bond donors (Lipinski definition) is 2. The van der Waals surface area contributed by atoms with Gasteiger partial charge in [-0.25, -0.2) is 9.98 Å². The number of piperidine rings is 1. The Labute approximate surface area is 185 Å². The summed E-state index contributed by atoms with van der Waals surface area (Å²) in [7, 11) is 1.88. The van der Waals surface area contributed by atoms with Crippen LogP contribution >= 0.6 is 0 Å². The van der Waals surface area contributed by atoms with E-state index >= 15 is 0 Å². The van der Waals surface area contributed by atoms with Crippen LogP contribution in [0.5, 0.6) is 0 Å². The van der Waals surface area contributed by atoms with Crippen molar-refractivity contribution in [1.82, 2.24) is 20.1 Å². The number of guanidine groups is 1. The van der Waals surface area contributed by atoms with E-state index in [2.05, 4.69) is 15.2 Å². The number of carbonyl (C=O) groups excluding carboxylic acids is 2. The van der Waals surface area contributed by atoms with Gasteiger partial charge in [0.2, 0.25) is 11.8 Å².